The highest BCUT2D eigenvalue weighted by atomic mass is 79.9. The fourth-order valence-corrected chi connectivity index (χ4v) is 2.40. The van der Waals surface area contributed by atoms with Crippen LogP contribution in [0.4, 0.5) is 0 Å². The maximum Gasteiger partial charge on any atom is 0.126 e. The second-order valence-corrected chi connectivity index (χ2v) is 5.77. The molecule has 0 bridgehead atoms. The minimum atomic E-state index is 0.436. The van der Waals surface area contributed by atoms with E-state index in [0.717, 1.165) is 34.3 Å². The lowest BCUT2D eigenvalue weighted by atomic mass is 10.1. The quantitative estimate of drug-likeness (QED) is 0.773. The number of unbranched alkanes of at least 4 members (excludes halogenated alkanes) is 1. The second kappa shape index (κ2) is 8.19. The van der Waals surface area contributed by atoms with Crippen LogP contribution in [0.5, 0.6) is 5.75 Å². The molecule has 1 rings (SSSR count). The van der Waals surface area contributed by atoms with Crippen molar-refractivity contribution in [3.63, 3.8) is 0 Å². The van der Waals surface area contributed by atoms with Gasteiger partial charge in [0.1, 0.15) is 5.75 Å². The zero-order valence-electron chi connectivity index (χ0n) is 11.8. The summed E-state index contributed by atoms with van der Waals surface area (Å²) < 4.78 is 6.91. The van der Waals surface area contributed by atoms with Gasteiger partial charge in [0.25, 0.3) is 0 Å². The Kier molecular flexibility index (Phi) is 6.90. The Morgan fingerprint density at radius 1 is 1.42 bits per heavy atom. The van der Waals surface area contributed by atoms with Crippen molar-refractivity contribution >= 4 is 15.9 Å². The Bertz CT molecular complexity index is 452. The molecule has 0 aliphatic carbocycles. The number of nitrogens with one attached hydrogen (secondary N) is 1. The van der Waals surface area contributed by atoms with E-state index in [2.05, 4.69) is 53.3 Å². The highest BCUT2D eigenvalue weighted by molar-refractivity contribution is 9.10. The van der Waals surface area contributed by atoms with E-state index in [1.165, 1.54) is 0 Å². The summed E-state index contributed by atoms with van der Waals surface area (Å²) >= 11 is 3.52. The van der Waals surface area contributed by atoms with Gasteiger partial charge in [-0.2, -0.15) is 5.26 Å². The van der Waals surface area contributed by atoms with Crippen LogP contribution in [-0.2, 0) is 6.54 Å². The molecule has 3 nitrogen and oxygen atoms in total. The van der Waals surface area contributed by atoms with Crippen LogP contribution in [0.2, 0.25) is 0 Å². The van der Waals surface area contributed by atoms with Crippen molar-refractivity contribution in [3.8, 4) is 11.8 Å². The Balaban J connectivity index is 2.78. The van der Waals surface area contributed by atoms with Gasteiger partial charge in [-0.1, -0.05) is 29.8 Å². The van der Waals surface area contributed by atoms with Crippen LogP contribution in [0.1, 0.15) is 37.8 Å². The summed E-state index contributed by atoms with van der Waals surface area (Å²) in [6, 6.07) is 6.71. The first-order valence-corrected chi connectivity index (χ1v) is 7.36. The van der Waals surface area contributed by atoms with Crippen molar-refractivity contribution in [2.75, 3.05) is 6.61 Å². The smallest absolute Gasteiger partial charge is 0.126 e. The van der Waals surface area contributed by atoms with Gasteiger partial charge in [0, 0.05) is 29.0 Å². The van der Waals surface area contributed by atoms with Gasteiger partial charge >= 0.3 is 0 Å². The molecule has 0 saturated carbocycles. The second-order valence-electron chi connectivity index (χ2n) is 4.86. The molecule has 0 atom stereocenters. The predicted octanol–water partition coefficient (Wildman–Crippen LogP) is 3.94. The lowest BCUT2D eigenvalue weighted by molar-refractivity contribution is 0.306. The average Bonchev–Trinajstić information content (AvgIpc) is 2.34. The lowest BCUT2D eigenvalue weighted by Crippen LogP contribution is -2.22. The molecule has 0 saturated heterocycles. The van der Waals surface area contributed by atoms with Crippen molar-refractivity contribution in [1.82, 2.24) is 5.32 Å². The lowest BCUT2D eigenvalue weighted by Gasteiger charge is -2.16. The van der Waals surface area contributed by atoms with Crippen LogP contribution >= 0.6 is 15.9 Å². The number of ether oxygens (including phenoxy) is 1. The molecule has 1 aromatic rings. The van der Waals surface area contributed by atoms with Gasteiger partial charge in [-0.25, -0.2) is 0 Å². The third-order valence-corrected chi connectivity index (χ3v) is 3.15. The molecule has 0 aromatic heterocycles. The van der Waals surface area contributed by atoms with E-state index in [0.29, 0.717) is 19.1 Å². The number of hydrogen-bond acceptors (Lipinski definition) is 3. The van der Waals surface area contributed by atoms with Crippen LogP contribution in [0.25, 0.3) is 0 Å². The van der Waals surface area contributed by atoms with Crippen LogP contribution < -0.4 is 10.1 Å². The summed E-state index contributed by atoms with van der Waals surface area (Å²) in [5.74, 6) is 0.939. The molecule has 0 aliphatic rings. The van der Waals surface area contributed by atoms with Gasteiger partial charge in [0.2, 0.25) is 0 Å². The van der Waals surface area contributed by atoms with Crippen LogP contribution in [0.15, 0.2) is 16.6 Å². The summed E-state index contributed by atoms with van der Waals surface area (Å²) in [5.41, 5.74) is 2.27. The highest BCUT2D eigenvalue weighted by Crippen LogP contribution is 2.28. The molecule has 104 valence electrons. The standard InChI is InChI=1S/C15H21BrN2O/c1-11(2)18-10-13-9-14(16)8-12(3)15(13)19-7-5-4-6-17/h8-9,11,18H,4-5,7,10H2,1-3H3. The predicted molar refractivity (Wildman–Crippen MR) is 81.2 cm³/mol. The minimum Gasteiger partial charge on any atom is -0.493 e. The van der Waals surface area contributed by atoms with Gasteiger partial charge in [0.05, 0.1) is 12.7 Å². The van der Waals surface area contributed by atoms with E-state index in [-0.39, 0.29) is 0 Å². The zero-order chi connectivity index (χ0) is 14.3. The molecule has 0 radical (unpaired) electrons. The molecule has 0 amide bonds. The average molecular weight is 325 g/mol. The number of benzene rings is 1. The molecule has 1 aromatic carbocycles. The van der Waals surface area contributed by atoms with Crippen molar-refractivity contribution in [3.05, 3.63) is 27.7 Å². The van der Waals surface area contributed by atoms with E-state index in [4.69, 9.17) is 10.00 Å². The van der Waals surface area contributed by atoms with Crippen molar-refractivity contribution in [1.29, 1.82) is 5.26 Å². The molecular formula is C15H21BrN2O. The number of hydrogen-bond donors (Lipinski definition) is 1. The third kappa shape index (κ3) is 5.63. The van der Waals surface area contributed by atoms with E-state index >= 15 is 0 Å². The molecule has 19 heavy (non-hydrogen) atoms. The van der Waals surface area contributed by atoms with E-state index in [1.807, 2.05) is 6.92 Å². The topological polar surface area (TPSA) is 45.0 Å². The SMILES string of the molecule is Cc1cc(Br)cc(CNC(C)C)c1OCCCC#N. The van der Waals surface area contributed by atoms with Crippen molar-refractivity contribution in [2.45, 2.75) is 46.2 Å². The molecular weight excluding hydrogens is 304 g/mol. The Hall–Kier alpha value is -1.05. The number of halogens is 1. The van der Waals surface area contributed by atoms with Crippen LogP contribution in [0.3, 0.4) is 0 Å². The van der Waals surface area contributed by atoms with Gasteiger partial charge in [-0.3, -0.25) is 0 Å². The fraction of sp³-hybridized carbons (Fsp3) is 0.533. The number of nitrogens with zero attached hydrogens (tertiary/aromatic N) is 1. The van der Waals surface area contributed by atoms with Gasteiger partial charge in [-0.05, 0) is 31.0 Å². The Labute approximate surface area is 124 Å². The van der Waals surface area contributed by atoms with E-state index in [1.54, 1.807) is 0 Å². The normalized spacial score (nSPS) is 10.5. The maximum absolute atomic E-state index is 8.53. The van der Waals surface area contributed by atoms with Gasteiger partial charge in [-0.15, -0.1) is 0 Å². The highest BCUT2D eigenvalue weighted by Gasteiger charge is 2.09. The molecule has 1 N–H and O–H groups in total. The summed E-state index contributed by atoms with van der Waals surface area (Å²) in [7, 11) is 0. The Morgan fingerprint density at radius 2 is 2.16 bits per heavy atom. The van der Waals surface area contributed by atoms with Crippen LogP contribution in [-0.4, -0.2) is 12.6 Å². The molecule has 0 aliphatic heterocycles. The van der Waals surface area contributed by atoms with Gasteiger partial charge in [0.15, 0.2) is 0 Å². The molecule has 0 heterocycles. The largest absolute Gasteiger partial charge is 0.493 e. The summed E-state index contributed by atoms with van der Waals surface area (Å²) in [6.07, 6.45) is 1.30. The Morgan fingerprint density at radius 3 is 2.79 bits per heavy atom. The van der Waals surface area contributed by atoms with Crippen molar-refractivity contribution < 1.29 is 4.74 Å². The van der Waals surface area contributed by atoms with E-state index < -0.39 is 0 Å². The van der Waals surface area contributed by atoms with Crippen LogP contribution in [0, 0.1) is 18.3 Å². The number of nitriles is 1. The summed E-state index contributed by atoms with van der Waals surface area (Å²) in [6.45, 7) is 7.66. The molecule has 0 unspecified atom stereocenters. The first-order valence-electron chi connectivity index (χ1n) is 6.56. The number of aryl methyl sites for hydroxylation is 1. The summed E-state index contributed by atoms with van der Waals surface area (Å²) in [4.78, 5) is 0. The third-order valence-electron chi connectivity index (χ3n) is 2.70. The fourth-order valence-electron chi connectivity index (χ4n) is 1.78. The zero-order valence-corrected chi connectivity index (χ0v) is 13.4. The van der Waals surface area contributed by atoms with Gasteiger partial charge < -0.3 is 10.1 Å². The first-order chi connectivity index (χ1) is 9.04. The van der Waals surface area contributed by atoms with E-state index in [9.17, 15) is 0 Å². The van der Waals surface area contributed by atoms with Crippen molar-refractivity contribution in [2.24, 2.45) is 0 Å². The minimum absolute atomic E-state index is 0.436. The molecule has 0 fully saturated rings. The molecule has 4 heteroatoms. The molecule has 0 spiro atoms. The first kappa shape index (κ1) is 16.0. The summed E-state index contributed by atoms with van der Waals surface area (Å²) in [5, 5.41) is 11.9. The monoisotopic (exact) mass is 324 g/mol. The number of rotatable bonds is 7. The maximum atomic E-state index is 8.53.